The number of aryl methyl sites for hydroxylation is 1. The van der Waals surface area contributed by atoms with Crippen LogP contribution >= 0.6 is 0 Å². The van der Waals surface area contributed by atoms with E-state index in [1.165, 1.54) is 0 Å². The number of anilines is 1. The van der Waals surface area contributed by atoms with Crippen LogP contribution in [0.4, 0.5) is 5.69 Å². The quantitative estimate of drug-likeness (QED) is 0.571. The van der Waals surface area contributed by atoms with E-state index in [9.17, 15) is 4.79 Å². The molecule has 3 heteroatoms. The Morgan fingerprint density at radius 3 is 1.96 bits per heavy atom. The third-order valence-corrected chi connectivity index (χ3v) is 3.51. The predicted octanol–water partition coefficient (Wildman–Crippen LogP) is 4.50. The van der Waals surface area contributed by atoms with Crippen molar-refractivity contribution in [3.8, 4) is 5.75 Å². The van der Waals surface area contributed by atoms with Crippen molar-refractivity contribution in [2.24, 2.45) is 0 Å². The standard InChI is InChI=1S/C14H13NO.C7H8O/c1-10-9-12(15)7-8-13(10)14(16)11-5-3-2-4-6-11;1-8-7-5-3-2-4-6-7/h2-9H,15H2,1H3;2-6H,1H3. The molecule has 2 N–H and O–H groups in total. The lowest BCUT2D eigenvalue weighted by Gasteiger charge is -2.05. The fourth-order valence-electron chi connectivity index (χ4n) is 2.24. The number of ether oxygens (including phenoxy) is 1. The minimum absolute atomic E-state index is 0.0399. The summed E-state index contributed by atoms with van der Waals surface area (Å²) in [6.45, 7) is 1.90. The van der Waals surface area contributed by atoms with Gasteiger partial charge in [-0.3, -0.25) is 4.79 Å². The Balaban J connectivity index is 0.000000219. The van der Waals surface area contributed by atoms with Gasteiger partial charge in [0.25, 0.3) is 0 Å². The lowest BCUT2D eigenvalue weighted by molar-refractivity contribution is 0.103. The number of hydrogen-bond acceptors (Lipinski definition) is 3. The van der Waals surface area contributed by atoms with Crippen LogP contribution in [0, 0.1) is 6.92 Å². The second-order valence-corrected chi connectivity index (χ2v) is 5.29. The molecule has 0 unspecified atom stereocenters. The number of nitrogen functional groups attached to an aromatic ring is 1. The van der Waals surface area contributed by atoms with Gasteiger partial charge in [-0.2, -0.15) is 0 Å². The summed E-state index contributed by atoms with van der Waals surface area (Å²) in [5, 5.41) is 0. The van der Waals surface area contributed by atoms with Crippen molar-refractivity contribution in [1.82, 2.24) is 0 Å². The number of carbonyl (C=O) groups is 1. The normalized spacial score (nSPS) is 9.58. The van der Waals surface area contributed by atoms with Crippen LogP contribution in [0.1, 0.15) is 21.5 Å². The first-order valence-corrected chi connectivity index (χ1v) is 7.66. The molecule has 0 aliphatic rings. The van der Waals surface area contributed by atoms with Gasteiger partial charge in [0.2, 0.25) is 0 Å². The largest absolute Gasteiger partial charge is 0.497 e. The first-order valence-electron chi connectivity index (χ1n) is 7.66. The van der Waals surface area contributed by atoms with E-state index >= 15 is 0 Å². The Kier molecular flexibility index (Phi) is 6.15. The van der Waals surface area contributed by atoms with Gasteiger partial charge in [0, 0.05) is 16.8 Å². The summed E-state index contributed by atoms with van der Waals surface area (Å²) in [5.74, 6) is 0.950. The van der Waals surface area contributed by atoms with E-state index in [4.69, 9.17) is 10.5 Å². The lowest BCUT2D eigenvalue weighted by Crippen LogP contribution is -2.03. The lowest BCUT2D eigenvalue weighted by atomic mass is 9.99. The van der Waals surface area contributed by atoms with Gasteiger partial charge < -0.3 is 10.5 Å². The van der Waals surface area contributed by atoms with Gasteiger partial charge in [0.1, 0.15) is 5.75 Å². The average molecular weight is 319 g/mol. The maximum atomic E-state index is 12.1. The van der Waals surface area contributed by atoms with Gasteiger partial charge in [-0.05, 0) is 42.8 Å². The molecule has 3 rings (SSSR count). The SMILES string of the molecule is COc1ccccc1.Cc1cc(N)ccc1C(=O)c1ccccc1. The second-order valence-electron chi connectivity index (χ2n) is 5.29. The van der Waals surface area contributed by atoms with Crippen molar-refractivity contribution < 1.29 is 9.53 Å². The summed E-state index contributed by atoms with van der Waals surface area (Å²) < 4.78 is 4.91. The Hall–Kier alpha value is -3.07. The van der Waals surface area contributed by atoms with Crippen LogP contribution in [0.3, 0.4) is 0 Å². The maximum absolute atomic E-state index is 12.1. The van der Waals surface area contributed by atoms with Crippen LogP contribution in [0.15, 0.2) is 78.9 Å². The van der Waals surface area contributed by atoms with Crippen LogP contribution in [0.5, 0.6) is 5.75 Å². The molecule has 0 bridgehead atoms. The predicted molar refractivity (Wildman–Crippen MR) is 98.5 cm³/mol. The summed E-state index contributed by atoms with van der Waals surface area (Å²) in [6.07, 6.45) is 0. The highest BCUT2D eigenvalue weighted by molar-refractivity contribution is 6.10. The molecule has 3 aromatic rings. The summed E-state index contributed by atoms with van der Waals surface area (Å²) >= 11 is 0. The van der Waals surface area contributed by atoms with Gasteiger partial charge in [0.05, 0.1) is 7.11 Å². The Labute approximate surface area is 142 Å². The molecule has 0 spiro atoms. The maximum Gasteiger partial charge on any atom is 0.193 e. The van der Waals surface area contributed by atoms with Crippen LogP contribution in [0.2, 0.25) is 0 Å². The molecule has 122 valence electrons. The molecule has 24 heavy (non-hydrogen) atoms. The number of nitrogens with two attached hydrogens (primary N) is 1. The van der Waals surface area contributed by atoms with Gasteiger partial charge in [-0.1, -0.05) is 48.5 Å². The van der Waals surface area contributed by atoms with Gasteiger partial charge in [-0.15, -0.1) is 0 Å². The molecule has 0 aliphatic carbocycles. The molecule has 0 aliphatic heterocycles. The first kappa shape index (κ1) is 17.3. The van der Waals surface area contributed by atoms with Crippen LogP contribution in [-0.4, -0.2) is 12.9 Å². The minimum atomic E-state index is 0.0399. The molecule has 0 fully saturated rings. The molecule has 0 saturated carbocycles. The Morgan fingerprint density at radius 1 is 0.875 bits per heavy atom. The number of carbonyl (C=O) groups excluding carboxylic acids is 1. The van der Waals surface area contributed by atoms with E-state index in [2.05, 4.69) is 0 Å². The monoisotopic (exact) mass is 319 g/mol. The van der Waals surface area contributed by atoms with E-state index in [0.717, 1.165) is 11.3 Å². The Bertz CT molecular complexity index is 783. The van der Waals surface area contributed by atoms with Gasteiger partial charge >= 0.3 is 0 Å². The van der Waals surface area contributed by atoms with Crippen molar-refractivity contribution in [3.63, 3.8) is 0 Å². The number of rotatable bonds is 3. The van der Waals surface area contributed by atoms with E-state index in [1.54, 1.807) is 19.2 Å². The highest BCUT2D eigenvalue weighted by Gasteiger charge is 2.10. The number of benzene rings is 3. The van der Waals surface area contributed by atoms with Crippen LogP contribution < -0.4 is 10.5 Å². The zero-order valence-electron chi connectivity index (χ0n) is 13.9. The zero-order chi connectivity index (χ0) is 17.4. The van der Waals surface area contributed by atoms with Crippen LogP contribution in [0.25, 0.3) is 0 Å². The summed E-state index contributed by atoms with van der Waals surface area (Å²) in [5.41, 5.74) is 8.66. The topological polar surface area (TPSA) is 52.3 Å². The van der Waals surface area contributed by atoms with E-state index in [-0.39, 0.29) is 5.78 Å². The Morgan fingerprint density at radius 2 is 1.46 bits per heavy atom. The number of methoxy groups -OCH3 is 1. The summed E-state index contributed by atoms with van der Waals surface area (Å²) in [7, 11) is 1.66. The number of ketones is 1. The minimum Gasteiger partial charge on any atom is -0.497 e. The molecule has 0 aromatic heterocycles. The molecule has 0 atom stereocenters. The summed E-state index contributed by atoms with van der Waals surface area (Å²) in [4.78, 5) is 12.1. The zero-order valence-corrected chi connectivity index (χ0v) is 13.9. The fraction of sp³-hybridized carbons (Fsp3) is 0.0952. The van der Waals surface area contributed by atoms with Gasteiger partial charge in [0.15, 0.2) is 5.78 Å². The molecule has 0 amide bonds. The van der Waals surface area contributed by atoms with E-state index in [0.29, 0.717) is 16.8 Å². The molecule has 3 nitrogen and oxygen atoms in total. The van der Waals surface area contributed by atoms with Gasteiger partial charge in [-0.25, -0.2) is 0 Å². The van der Waals surface area contributed by atoms with Crippen molar-refractivity contribution in [2.75, 3.05) is 12.8 Å². The molecule has 0 saturated heterocycles. The van der Waals surface area contributed by atoms with Crippen molar-refractivity contribution >= 4 is 11.5 Å². The second kappa shape index (κ2) is 8.53. The molecular weight excluding hydrogens is 298 g/mol. The summed E-state index contributed by atoms with van der Waals surface area (Å²) in [6, 6.07) is 24.3. The van der Waals surface area contributed by atoms with E-state index < -0.39 is 0 Å². The third-order valence-electron chi connectivity index (χ3n) is 3.51. The van der Waals surface area contributed by atoms with Crippen molar-refractivity contribution in [1.29, 1.82) is 0 Å². The number of para-hydroxylation sites is 1. The average Bonchev–Trinajstić information content (AvgIpc) is 2.63. The smallest absolute Gasteiger partial charge is 0.193 e. The third kappa shape index (κ3) is 4.71. The first-order chi connectivity index (χ1) is 11.6. The number of hydrogen-bond donors (Lipinski definition) is 1. The van der Waals surface area contributed by atoms with Crippen molar-refractivity contribution in [2.45, 2.75) is 6.92 Å². The van der Waals surface area contributed by atoms with E-state index in [1.807, 2.05) is 73.7 Å². The fourth-order valence-corrected chi connectivity index (χ4v) is 2.24. The molecular formula is C21H21NO2. The van der Waals surface area contributed by atoms with Crippen LogP contribution in [-0.2, 0) is 0 Å². The van der Waals surface area contributed by atoms with Crippen molar-refractivity contribution in [3.05, 3.63) is 95.6 Å². The highest BCUT2D eigenvalue weighted by atomic mass is 16.5. The highest BCUT2D eigenvalue weighted by Crippen LogP contribution is 2.16. The molecule has 0 radical (unpaired) electrons. The molecule has 3 aromatic carbocycles. The molecule has 0 heterocycles.